The van der Waals surface area contributed by atoms with Crippen LogP contribution in [0.25, 0.3) is 0 Å². The fourth-order valence-electron chi connectivity index (χ4n) is 5.11. The fraction of sp³-hybridized carbons (Fsp3) is 0.667. The van der Waals surface area contributed by atoms with Crippen molar-refractivity contribution in [2.45, 2.75) is 58.5 Å². The molecule has 0 aromatic heterocycles. The highest BCUT2D eigenvalue weighted by Crippen LogP contribution is 2.44. The number of hydrogen-bond acceptors (Lipinski definition) is 2. The van der Waals surface area contributed by atoms with Crippen molar-refractivity contribution >= 4 is 17.5 Å². The van der Waals surface area contributed by atoms with Crippen molar-refractivity contribution in [1.82, 2.24) is 9.80 Å². The number of rotatable bonds is 0. The van der Waals surface area contributed by atoms with Crippen molar-refractivity contribution < 1.29 is 4.79 Å². The SMILES string of the molecule is CC(C)(C)C(=O)N1CCCC2CN3CCc4cc(Cl)ccc4C3CC21. The van der Waals surface area contributed by atoms with Crippen LogP contribution >= 0.6 is 11.6 Å². The van der Waals surface area contributed by atoms with E-state index >= 15 is 0 Å². The van der Waals surface area contributed by atoms with E-state index in [0.29, 0.717) is 23.9 Å². The van der Waals surface area contributed by atoms with Crippen LogP contribution in [0.3, 0.4) is 0 Å². The van der Waals surface area contributed by atoms with Gasteiger partial charge in [0.25, 0.3) is 0 Å². The molecule has 1 amide bonds. The topological polar surface area (TPSA) is 23.6 Å². The molecule has 3 unspecified atom stereocenters. The molecule has 3 atom stereocenters. The summed E-state index contributed by atoms with van der Waals surface area (Å²) in [4.78, 5) is 17.9. The molecule has 0 radical (unpaired) electrons. The Bertz CT molecular complexity index is 681. The van der Waals surface area contributed by atoms with E-state index in [1.807, 2.05) is 26.8 Å². The molecule has 4 rings (SSSR count). The summed E-state index contributed by atoms with van der Waals surface area (Å²) < 4.78 is 0. The molecule has 3 nitrogen and oxygen atoms in total. The Morgan fingerprint density at radius 3 is 2.80 bits per heavy atom. The number of piperidine rings is 2. The standard InChI is InChI=1S/C21H29ClN2O/c1-21(2,3)20(25)24-9-4-5-15-13-23-10-8-14-11-16(22)6-7-17(14)19(23)12-18(15)24/h6-7,11,15,18-19H,4-5,8-10,12-13H2,1-3H3. The quantitative estimate of drug-likeness (QED) is 0.688. The minimum Gasteiger partial charge on any atom is -0.339 e. The van der Waals surface area contributed by atoms with Gasteiger partial charge in [-0.15, -0.1) is 0 Å². The first-order valence-corrected chi connectivity index (χ1v) is 10.1. The number of fused-ring (bicyclic) bond motifs is 4. The van der Waals surface area contributed by atoms with E-state index in [9.17, 15) is 4.79 Å². The van der Waals surface area contributed by atoms with Gasteiger partial charge in [-0.1, -0.05) is 38.4 Å². The molecule has 3 aliphatic rings. The molecule has 3 aliphatic heterocycles. The van der Waals surface area contributed by atoms with Crippen molar-refractivity contribution in [1.29, 1.82) is 0 Å². The van der Waals surface area contributed by atoms with Crippen molar-refractivity contribution in [2.24, 2.45) is 11.3 Å². The predicted molar refractivity (Wildman–Crippen MR) is 102 cm³/mol. The van der Waals surface area contributed by atoms with Gasteiger partial charge in [-0.25, -0.2) is 0 Å². The highest BCUT2D eigenvalue weighted by atomic mass is 35.5. The second-order valence-electron chi connectivity index (χ2n) is 9.06. The lowest BCUT2D eigenvalue weighted by molar-refractivity contribution is -0.148. The first-order chi connectivity index (χ1) is 11.8. The third-order valence-corrected chi connectivity index (χ3v) is 6.56. The van der Waals surface area contributed by atoms with Gasteiger partial charge in [0, 0.05) is 42.2 Å². The number of benzene rings is 1. The van der Waals surface area contributed by atoms with Gasteiger partial charge in [-0.3, -0.25) is 9.69 Å². The zero-order valence-electron chi connectivity index (χ0n) is 15.6. The van der Waals surface area contributed by atoms with Gasteiger partial charge in [0.1, 0.15) is 0 Å². The molecule has 0 spiro atoms. The zero-order chi connectivity index (χ0) is 17.8. The Kier molecular flexibility index (Phi) is 4.36. The molecule has 0 bridgehead atoms. The molecule has 136 valence electrons. The Balaban J connectivity index is 1.63. The van der Waals surface area contributed by atoms with E-state index in [0.717, 1.165) is 43.9 Å². The summed E-state index contributed by atoms with van der Waals surface area (Å²) in [5.41, 5.74) is 2.54. The Labute approximate surface area is 156 Å². The summed E-state index contributed by atoms with van der Waals surface area (Å²) in [5, 5.41) is 0.836. The summed E-state index contributed by atoms with van der Waals surface area (Å²) >= 11 is 6.21. The van der Waals surface area contributed by atoms with Gasteiger partial charge in [0.2, 0.25) is 5.91 Å². The Morgan fingerprint density at radius 1 is 1.24 bits per heavy atom. The molecule has 1 aromatic carbocycles. The third-order valence-electron chi connectivity index (χ3n) is 6.33. The van der Waals surface area contributed by atoms with Crippen LogP contribution in [0.15, 0.2) is 18.2 Å². The smallest absolute Gasteiger partial charge is 0.228 e. The Hall–Kier alpha value is -1.06. The van der Waals surface area contributed by atoms with Crippen molar-refractivity contribution in [3.63, 3.8) is 0 Å². The Morgan fingerprint density at radius 2 is 2.04 bits per heavy atom. The van der Waals surface area contributed by atoms with E-state index < -0.39 is 0 Å². The van der Waals surface area contributed by atoms with Gasteiger partial charge in [-0.2, -0.15) is 0 Å². The highest BCUT2D eigenvalue weighted by molar-refractivity contribution is 6.30. The largest absolute Gasteiger partial charge is 0.339 e. The van der Waals surface area contributed by atoms with E-state index in [-0.39, 0.29) is 5.41 Å². The van der Waals surface area contributed by atoms with Gasteiger partial charge in [-0.05, 0) is 54.9 Å². The van der Waals surface area contributed by atoms with E-state index in [2.05, 4.69) is 21.9 Å². The maximum absolute atomic E-state index is 13.0. The summed E-state index contributed by atoms with van der Waals surface area (Å²) in [5.74, 6) is 0.952. The zero-order valence-corrected chi connectivity index (χ0v) is 16.4. The highest BCUT2D eigenvalue weighted by Gasteiger charge is 2.45. The first kappa shape index (κ1) is 17.4. The molecular formula is C21H29ClN2O. The maximum atomic E-state index is 13.0. The van der Waals surface area contributed by atoms with Gasteiger partial charge in [0.05, 0.1) is 0 Å². The number of nitrogens with zero attached hydrogens (tertiary/aromatic N) is 2. The number of carbonyl (C=O) groups excluding carboxylic acids is 1. The monoisotopic (exact) mass is 360 g/mol. The van der Waals surface area contributed by atoms with E-state index in [1.165, 1.54) is 17.5 Å². The molecule has 0 aliphatic carbocycles. The summed E-state index contributed by atoms with van der Waals surface area (Å²) in [6.07, 6.45) is 4.57. The average Bonchev–Trinajstić information content (AvgIpc) is 2.57. The van der Waals surface area contributed by atoms with Gasteiger partial charge >= 0.3 is 0 Å². The van der Waals surface area contributed by atoms with Crippen LogP contribution < -0.4 is 0 Å². The second kappa shape index (κ2) is 6.28. The summed E-state index contributed by atoms with van der Waals surface area (Å²) in [7, 11) is 0. The maximum Gasteiger partial charge on any atom is 0.228 e. The number of hydrogen-bond donors (Lipinski definition) is 0. The lowest BCUT2D eigenvalue weighted by Crippen LogP contribution is -2.59. The average molecular weight is 361 g/mol. The summed E-state index contributed by atoms with van der Waals surface area (Å²) in [6.45, 7) is 9.32. The third kappa shape index (κ3) is 3.10. The van der Waals surface area contributed by atoms with E-state index in [1.54, 1.807) is 0 Å². The van der Waals surface area contributed by atoms with E-state index in [4.69, 9.17) is 11.6 Å². The van der Waals surface area contributed by atoms with Crippen molar-refractivity contribution in [2.75, 3.05) is 19.6 Å². The van der Waals surface area contributed by atoms with Crippen molar-refractivity contribution in [3.05, 3.63) is 34.3 Å². The minimum absolute atomic E-state index is 0.295. The van der Waals surface area contributed by atoms with Crippen LogP contribution in [0.1, 0.15) is 57.2 Å². The molecule has 3 heterocycles. The van der Waals surface area contributed by atoms with Crippen LogP contribution in [-0.2, 0) is 11.2 Å². The van der Waals surface area contributed by atoms with Crippen LogP contribution in [0.2, 0.25) is 5.02 Å². The molecule has 2 saturated heterocycles. The normalized spacial score (nSPS) is 29.6. The molecule has 2 fully saturated rings. The molecular weight excluding hydrogens is 332 g/mol. The molecule has 0 N–H and O–H groups in total. The molecule has 4 heteroatoms. The first-order valence-electron chi connectivity index (χ1n) is 9.68. The van der Waals surface area contributed by atoms with Crippen LogP contribution in [-0.4, -0.2) is 41.4 Å². The minimum atomic E-state index is -0.295. The lowest BCUT2D eigenvalue weighted by Gasteiger charge is -2.53. The summed E-state index contributed by atoms with van der Waals surface area (Å²) in [6, 6.07) is 7.21. The van der Waals surface area contributed by atoms with Gasteiger partial charge < -0.3 is 4.90 Å². The second-order valence-corrected chi connectivity index (χ2v) is 9.49. The van der Waals surface area contributed by atoms with Crippen LogP contribution in [0, 0.1) is 11.3 Å². The van der Waals surface area contributed by atoms with Crippen molar-refractivity contribution in [3.8, 4) is 0 Å². The molecule has 1 aromatic rings. The number of likely N-dealkylation sites (tertiary alicyclic amines) is 1. The fourth-order valence-corrected chi connectivity index (χ4v) is 5.30. The lowest BCUT2D eigenvalue weighted by atomic mass is 9.76. The predicted octanol–water partition coefficient (Wildman–Crippen LogP) is 4.30. The number of carbonyl (C=O) groups is 1. The number of amides is 1. The van der Waals surface area contributed by atoms with Gasteiger partial charge in [0.15, 0.2) is 0 Å². The molecule has 25 heavy (non-hydrogen) atoms. The molecule has 0 saturated carbocycles. The number of halogens is 1. The van der Waals surface area contributed by atoms with Crippen LogP contribution in [0.5, 0.6) is 0 Å². The van der Waals surface area contributed by atoms with Crippen LogP contribution in [0.4, 0.5) is 0 Å².